The fraction of sp³-hybridized carbons (Fsp3) is 0.412. The zero-order chi connectivity index (χ0) is 16.7. The summed E-state index contributed by atoms with van der Waals surface area (Å²) in [6, 6.07) is 12.0. The molecule has 0 aliphatic heterocycles. The van der Waals surface area contributed by atoms with E-state index in [-0.39, 0.29) is 5.95 Å². The van der Waals surface area contributed by atoms with Gasteiger partial charge in [0.25, 0.3) is 0 Å². The summed E-state index contributed by atoms with van der Waals surface area (Å²) in [4.78, 5) is 7.65. The number of benzene rings is 1. The standard InChI is InChI=1S/C7H8.C6H8ClN3.2C2H6/c1-7-5-3-2-4-6-7;1-2-4-3-5(7)10-6(8)9-4;2*1-2/h2-6H,1H3;3H,2H2,1H3,(H2,8,9,10);2*1-2H3. The molecule has 0 spiro atoms. The van der Waals surface area contributed by atoms with Crippen LogP contribution in [0.1, 0.15) is 45.9 Å². The Balaban J connectivity index is 0. The zero-order valence-electron chi connectivity index (χ0n) is 14.0. The van der Waals surface area contributed by atoms with E-state index in [2.05, 4.69) is 29.0 Å². The molecule has 2 rings (SSSR count). The molecule has 0 fully saturated rings. The first-order chi connectivity index (χ1) is 10.1. The van der Waals surface area contributed by atoms with Crippen LogP contribution in [0.5, 0.6) is 0 Å². The van der Waals surface area contributed by atoms with Gasteiger partial charge in [0.2, 0.25) is 5.95 Å². The lowest BCUT2D eigenvalue weighted by Crippen LogP contribution is -1.97. The largest absolute Gasteiger partial charge is 0.368 e. The number of aromatic nitrogens is 2. The fourth-order valence-electron chi connectivity index (χ4n) is 1.20. The van der Waals surface area contributed by atoms with Gasteiger partial charge in [0.05, 0.1) is 0 Å². The van der Waals surface area contributed by atoms with Crippen molar-refractivity contribution in [2.75, 3.05) is 5.73 Å². The molecule has 4 heteroatoms. The molecule has 118 valence electrons. The van der Waals surface area contributed by atoms with Crippen molar-refractivity contribution in [3.63, 3.8) is 0 Å². The lowest BCUT2D eigenvalue weighted by Gasteiger charge is -1.96. The molecule has 3 nitrogen and oxygen atoms in total. The van der Waals surface area contributed by atoms with Crippen LogP contribution in [-0.4, -0.2) is 9.97 Å². The number of aryl methyl sites for hydroxylation is 2. The van der Waals surface area contributed by atoms with Crippen LogP contribution in [0.2, 0.25) is 5.15 Å². The SMILES string of the molecule is CC.CC.CCc1cc(Cl)nc(N)n1.Cc1ccccc1. The minimum Gasteiger partial charge on any atom is -0.368 e. The van der Waals surface area contributed by atoms with E-state index >= 15 is 0 Å². The van der Waals surface area contributed by atoms with Crippen molar-refractivity contribution >= 4 is 17.5 Å². The number of rotatable bonds is 1. The Morgan fingerprint density at radius 2 is 1.52 bits per heavy atom. The van der Waals surface area contributed by atoms with Crippen molar-refractivity contribution in [2.24, 2.45) is 0 Å². The molecule has 0 atom stereocenters. The first-order valence-corrected chi connectivity index (χ1v) is 7.80. The van der Waals surface area contributed by atoms with Crippen molar-refractivity contribution < 1.29 is 0 Å². The van der Waals surface area contributed by atoms with Crippen molar-refractivity contribution in [3.05, 3.63) is 52.8 Å². The second-order valence-corrected chi connectivity index (χ2v) is 3.94. The maximum Gasteiger partial charge on any atom is 0.221 e. The molecule has 0 unspecified atom stereocenters. The Bertz CT molecular complexity index is 439. The average Bonchev–Trinajstić information content (AvgIpc) is 2.52. The van der Waals surface area contributed by atoms with E-state index in [0.717, 1.165) is 12.1 Å². The Kier molecular flexibility index (Phi) is 15.3. The average molecular weight is 310 g/mol. The Morgan fingerprint density at radius 1 is 1.00 bits per heavy atom. The predicted molar refractivity (Wildman–Crippen MR) is 94.7 cm³/mol. The van der Waals surface area contributed by atoms with E-state index in [1.165, 1.54) is 5.56 Å². The Morgan fingerprint density at radius 3 is 1.86 bits per heavy atom. The Hall–Kier alpha value is -1.61. The van der Waals surface area contributed by atoms with Gasteiger partial charge < -0.3 is 5.73 Å². The van der Waals surface area contributed by atoms with Crippen molar-refractivity contribution in [3.8, 4) is 0 Å². The molecule has 0 bridgehead atoms. The number of nitrogen functional groups attached to an aromatic ring is 1. The molecule has 2 aromatic rings. The molecule has 0 aliphatic carbocycles. The van der Waals surface area contributed by atoms with Crippen LogP contribution >= 0.6 is 11.6 Å². The molecule has 2 N–H and O–H groups in total. The topological polar surface area (TPSA) is 51.8 Å². The number of anilines is 1. The summed E-state index contributed by atoms with van der Waals surface area (Å²) in [6.07, 6.45) is 0.826. The van der Waals surface area contributed by atoms with Crippen LogP contribution in [0.3, 0.4) is 0 Å². The van der Waals surface area contributed by atoms with E-state index in [9.17, 15) is 0 Å². The normalized spacial score (nSPS) is 8.14. The number of nitrogens with two attached hydrogens (primary N) is 1. The molecule has 0 saturated heterocycles. The van der Waals surface area contributed by atoms with Gasteiger partial charge in [0.1, 0.15) is 5.15 Å². The molecule has 21 heavy (non-hydrogen) atoms. The first-order valence-electron chi connectivity index (χ1n) is 7.42. The quantitative estimate of drug-likeness (QED) is 0.725. The number of hydrogen-bond acceptors (Lipinski definition) is 3. The summed E-state index contributed by atoms with van der Waals surface area (Å²) >= 11 is 5.60. The molecule has 0 amide bonds. The van der Waals surface area contributed by atoms with Crippen LogP contribution in [-0.2, 0) is 6.42 Å². The third kappa shape index (κ3) is 11.9. The van der Waals surface area contributed by atoms with Crippen molar-refractivity contribution in [2.45, 2.75) is 48.0 Å². The van der Waals surface area contributed by atoms with Crippen LogP contribution in [0.25, 0.3) is 0 Å². The van der Waals surface area contributed by atoms with Gasteiger partial charge in [0, 0.05) is 5.69 Å². The predicted octanol–water partition coefficient (Wildman–Crippen LogP) is 5.32. The summed E-state index contributed by atoms with van der Waals surface area (Å²) in [6.45, 7) is 12.1. The van der Waals surface area contributed by atoms with E-state index in [1.54, 1.807) is 6.07 Å². The second-order valence-electron chi connectivity index (χ2n) is 3.55. The highest BCUT2D eigenvalue weighted by Gasteiger charge is 1.96. The number of hydrogen-bond donors (Lipinski definition) is 1. The van der Waals surface area contributed by atoms with E-state index in [1.807, 2.05) is 52.8 Å². The summed E-state index contributed by atoms with van der Waals surface area (Å²) in [5, 5.41) is 0.407. The molecular weight excluding hydrogens is 282 g/mol. The fourth-order valence-corrected chi connectivity index (χ4v) is 1.41. The van der Waals surface area contributed by atoms with Gasteiger partial charge in [-0.05, 0) is 19.4 Å². The lowest BCUT2D eigenvalue weighted by atomic mass is 10.2. The van der Waals surface area contributed by atoms with Gasteiger partial charge in [-0.15, -0.1) is 0 Å². The third-order valence-corrected chi connectivity index (χ3v) is 2.26. The zero-order valence-corrected chi connectivity index (χ0v) is 14.8. The summed E-state index contributed by atoms with van der Waals surface area (Å²) in [7, 11) is 0. The highest BCUT2D eigenvalue weighted by atomic mass is 35.5. The maximum absolute atomic E-state index is 5.60. The molecule has 1 heterocycles. The van der Waals surface area contributed by atoms with Gasteiger partial charge in [-0.25, -0.2) is 9.97 Å². The van der Waals surface area contributed by atoms with Crippen LogP contribution in [0, 0.1) is 6.92 Å². The van der Waals surface area contributed by atoms with Gasteiger partial charge in [-0.3, -0.25) is 0 Å². The van der Waals surface area contributed by atoms with E-state index in [0.29, 0.717) is 5.15 Å². The first kappa shape index (κ1) is 21.7. The minimum atomic E-state index is 0.240. The van der Waals surface area contributed by atoms with Crippen molar-refractivity contribution in [1.82, 2.24) is 9.97 Å². The number of nitrogens with zero attached hydrogens (tertiary/aromatic N) is 2. The third-order valence-electron chi connectivity index (χ3n) is 2.07. The minimum absolute atomic E-state index is 0.240. The summed E-state index contributed by atoms with van der Waals surface area (Å²) < 4.78 is 0. The second kappa shape index (κ2) is 14.8. The molecule has 0 aliphatic rings. The highest BCUT2D eigenvalue weighted by molar-refractivity contribution is 6.29. The van der Waals surface area contributed by atoms with Gasteiger partial charge in [-0.2, -0.15) is 0 Å². The summed E-state index contributed by atoms with van der Waals surface area (Å²) in [5.74, 6) is 0.240. The molecule has 1 aromatic heterocycles. The van der Waals surface area contributed by atoms with Crippen LogP contribution in [0.15, 0.2) is 36.4 Å². The van der Waals surface area contributed by atoms with E-state index in [4.69, 9.17) is 17.3 Å². The van der Waals surface area contributed by atoms with Gasteiger partial charge in [-0.1, -0.05) is 82.1 Å². The molecule has 0 radical (unpaired) electrons. The van der Waals surface area contributed by atoms with Gasteiger partial charge in [0.15, 0.2) is 0 Å². The van der Waals surface area contributed by atoms with E-state index < -0.39 is 0 Å². The van der Waals surface area contributed by atoms with Gasteiger partial charge >= 0.3 is 0 Å². The molecule has 0 saturated carbocycles. The van der Waals surface area contributed by atoms with Crippen LogP contribution < -0.4 is 5.73 Å². The smallest absolute Gasteiger partial charge is 0.221 e. The lowest BCUT2D eigenvalue weighted by molar-refractivity contribution is 1.01. The van der Waals surface area contributed by atoms with Crippen molar-refractivity contribution in [1.29, 1.82) is 0 Å². The summed E-state index contributed by atoms with van der Waals surface area (Å²) in [5.41, 5.74) is 7.52. The monoisotopic (exact) mass is 309 g/mol. The Labute approximate surface area is 134 Å². The highest BCUT2D eigenvalue weighted by Crippen LogP contribution is 2.07. The van der Waals surface area contributed by atoms with Crippen LogP contribution in [0.4, 0.5) is 5.95 Å². The molecular formula is C17H28ClN3. The molecule has 1 aromatic carbocycles. The maximum atomic E-state index is 5.60. The number of halogens is 1.